The van der Waals surface area contributed by atoms with Crippen molar-refractivity contribution < 1.29 is 75.4 Å². The van der Waals surface area contributed by atoms with Crippen molar-refractivity contribution in [1.29, 1.82) is 0 Å². The molecule has 55 heavy (non-hydrogen) atoms. The Morgan fingerprint density at radius 1 is 1.00 bits per heavy atom. The number of carbonyl (C=O) groups is 3. The third kappa shape index (κ3) is 7.01. The summed E-state index contributed by atoms with van der Waals surface area (Å²) in [5.41, 5.74) is -1.41. The summed E-state index contributed by atoms with van der Waals surface area (Å²) in [4.78, 5) is 40.7. The van der Waals surface area contributed by atoms with Crippen molar-refractivity contribution in [1.82, 2.24) is 5.43 Å². The minimum Gasteiger partial charge on any atom is -0.507 e. The molecule has 1 saturated heterocycles. The number of hydrogen-bond donors (Lipinski definition) is 6. The third-order valence-electron chi connectivity index (χ3n) is 9.99. The van der Waals surface area contributed by atoms with Crippen LogP contribution in [0.2, 0.25) is 0 Å². The summed E-state index contributed by atoms with van der Waals surface area (Å²) >= 11 is 0. The van der Waals surface area contributed by atoms with E-state index in [1.54, 1.807) is 0 Å². The molecule has 0 spiro atoms. The van der Waals surface area contributed by atoms with Crippen LogP contribution in [0.5, 0.6) is 17.2 Å². The summed E-state index contributed by atoms with van der Waals surface area (Å²) in [6, 6.07) is 3.50. The van der Waals surface area contributed by atoms with Crippen LogP contribution in [-0.4, -0.2) is 80.9 Å². The summed E-state index contributed by atoms with van der Waals surface area (Å²) in [6.07, 6.45) is -16.5. The maximum atomic E-state index is 13.9. The number of aromatic hydroxyl groups is 2. The van der Waals surface area contributed by atoms with Crippen molar-refractivity contribution in [2.24, 2.45) is 10.8 Å². The quantitative estimate of drug-likeness (QED) is 0.0704. The number of ether oxygens (including phenoxy) is 3. The maximum Gasteiger partial charge on any atom is 0.416 e. The van der Waals surface area contributed by atoms with E-state index in [1.807, 2.05) is 5.43 Å². The molecule has 6 atom stereocenters. The number of aliphatic hydroxyl groups is 2. The molecule has 0 saturated carbocycles. The predicted molar refractivity (Wildman–Crippen MR) is 177 cm³/mol. The van der Waals surface area contributed by atoms with E-state index >= 15 is 0 Å². The number of ketones is 2. The Labute approximate surface area is 307 Å². The van der Waals surface area contributed by atoms with E-state index in [0.717, 1.165) is 6.92 Å². The molecule has 6 rings (SSSR count). The van der Waals surface area contributed by atoms with E-state index in [9.17, 15) is 61.2 Å². The van der Waals surface area contributed by atoms with Gasteiger partial charge in [0.15, 0.2) is 12.1 Å². The Morgan fingerprint density at radius 3 is 2.20 bits per heavy atom. The van der Waals surface area contributed by atoms with E-state index in [4.69, 9.17) is 19.9 Å². The van der Waals surface area contributed by atoms with Crippen molar-refractivity contribution in [3.63, 3.8) is 0 Å². The van der Waals surface area contributed by atoms with Gasteiger partial charge < -0.3 is 40.4 Å². The molecule has 1 aliphatic heterocycles. The Morgan fingerprint density at radius 2 is 1.62 bits per heavy atom. The normalized spacial score (nSPS) is 25.5. The lowest BCUT2D eigenvalue weighted by molar-refractivity contribution is -0.245. The molecular weight excluding hydrogens is 748 g/mol. The average Bonchev–Trinajstić information content (AvgIpc) is 3.11. The molecule has 1 amide bonds. The van der Waals surface area contributed by atoms with Crippen molar-refractivity contribution in [2.45, 2.75) is 81.7 Å². The minimum atomic E-state index is -5.25. The van der Waals surface area contributed by atoms with Gasteiger partial charge in [-0.2, -0.15) is 31.4 Å². The van der Waals surface area contributed by atoms with Gasteiger partial charge in [-0.1, -0.05) is 12.1 Å². The van der Waals surface area contributed by atoms with Crippen molar-refractivity contribution >= 4 is 23.2 Å². The number of hydrazone groups is 1. The zero-order valence-electron chi connectivity index (χ0n) is 29.0. The van der Waals surface area contributed by atoms with Crippen LogP contribution in [0.25, 0.3) is 0 Å². The number of hydrogen-bond acceptors (Lipinski definition) is 12. The number of amides is 1. The molecule has 1 heterocycles. The molecule has 0 bridgehead atoms. The highest BCUT2D eigenvalue weighted by Gasteiger charge is 2.49. The largest absolute Gasteiger partial charge is 0.507 e. The zero-order valence-corrected chi connectivity index (χ0v) is 29.0. The first-order valence-corrected chi connectivity index (χ1v) is 16.6. The lowest BCUT2D eigenvalue weighted by atomic mass is 9.71. The first-order valence-electron chi connectivity index (χ1n) is 16.6. The molecule has 0 radical (unpaired) electrons. The Balaban J connectivity index is 1.43. The van der Waals surface area contributed by atoms with E-state index in [-0.39, 0.29) is 52.6 Å². The third-order valence-corrected chi connectivity index (χ3v) is 9.99. The number of rotatable bonds is 6. The number of aliphatic hydroxyl groups excluding tert-OH is 1. The van der Waals surface area contributed by atoms with E-state index in [1.165, 1.54) is 32.2 Å². The number of fused-ring (bicyclic) bond motifs is 3. The van der Waals surface area contributed by atoms with Crippen LogP contribution in [0.4, 0.5) is 26.3 Å². The van der Waals surface area contributed by atoms with Crippen molar-refractivity contribution in [3.8, 4) is 17.2 Å². The second-order valence-corrected chi connectivity index (χ2v) is 13.5. The van der Waals surface area contributed by atoms with Crippen LogP contribution in [-0.2, 0) is 28.2 Å². The van der Waals surface area contributed by atoms with E-state index < -0.39 is 124 Å². The first-order chi connectivity index (χ1) is 25.6. The Bertz CT molecular complexity index is 2090. The lowest BCUT2D eigenvalue weighted by Gasteiger charge is -2.42. The Kier molecular flexibility index (Phi) is 10.0. The number of methoxy groups -OCH3 is 1. The second-order valence-electron chi connectivity index (χ2n) is 13.5. The van der Waals surface area contributed by atoms with Crippen LogP contribution < -0.4 is 15.9 Å². The van der Waals surface area contributed by atoms with Crippen LogP contribution in [0.1, 0.15) is 97.2 Å². The number of nitrogens with two attached hydrogens (primary N) is 1. The van der Waals surface area contributed by atoms with Crippen molar-refractivity contribution in [2.75, 3.05) is 7.11 Å². The van der Waals surface area contributed by atoms with E-state index in [2.05, 4.69) is 5.10 Å². The van der Waals surface area contributed by atoms with Gasteiger partial charge in [-0.25, -0.2) is 5.43 Å². The number of phenols is 2. The zero-order chi connectivity index (χ0) is 40.5. The summed E-state index contributed by atoms with van der Waals surface area (Å²) in [7, 11) is 1.26. The maximum absolute atomic E-state index is 13.9. The number of nitrogens with zero attached hydrogens (tertiary/aromatic N) is 1. The van der Waals surface area contributed by atoms with Crippen LogP contribution >= 0.6 is 0 Å². The van der Waals surface area contributed by atoms with Gasteiger partial charge in [0, 0.05) is 47.6 Å². The highest BCUT2D eigenvalue weighted by molar-refractivity contribution is 6.31. The van der Waals surface area contributed by atoms with Crippen LogP contribution in [0.15, 0.2) is 41.5 Å². The average molecular weight is 782 g/mol. The molecule has 0 aromatic heterocycles. The van der Waals surface area contributed by atoms with Crippen LogP contribution in [0.3, 0.4) is 0 Å². The fourth-order valence-electron chi connectivity index (χ4n) is 7.06. The lowest BCUT2D eigenvalue weighted by Crippen LogP contribution is -2.52. The standard InChI is InChI=1S/C36H33F6N3O10/c1-13-28(46)20(43)10-23(54-13)55-22-12-34(52,14(2)44-45-33(51)15-7-16(35(37,38)39)9-17(8-15)36(40,41)42)11-19-25(22)32(50)27-26(30(19)48)29(47)18-5-4-6-21(53-3)24(18)31(27)49/h4-9,13,20,22-23,28,46,48,50,52H,10-12,43H2,1-3H3,(H,45,51). The topological polar surface area (TPSA) is 210 Å². The highest BCUT2D eigenvalue weighted by Crippen LogP contribution is 2.52. The molecule has 19 heteroatoms. The monoisotopic (exact) mass is 781 g/mol. The Hall–Kier alpha value is -5.08. The number of carbonyl (C=O) groups excluding carboxylic acids is 3. The molecule has 13 nitrogen and oxygen atoms in total. The minimum absolute atomic E-state index is 0.00562. The van der Waals surface area contributed by atoms with Gasteiger partial charge in [0.25, 0.3) is 5.91 Å². The number of alkyl halides is 6. The molecule has 7 N–H and O–H groups in total. The molecule has 294 valence electrons. The molecule has 6 unspecified atom stereocenters. The number of halogens is 6. The molecule has 3 aliphatic rings. The van der Waals surface area contributed by atoms with Gasteiger partial charge in [0.2, 0.25) is 5.78 Å². The molecule has 3 aromatic rings. The summed E-state index contributed by atoms with van der Waals surface area (Å²) in [6.45, 7) is 2.65. The summed E-state index contributed by atoms with van der Waals surface area (Å²) < 4.78 is 97.8. The number of benzene rings is 3. The predicted octanol–water partition coefficient (Wildman–Crippen LogP) is 4.28. The van der Waals surface area contributed by atoms with Gasteiger partial charge in [-0.05, 0) is 38.1 Å². The van der Waals surface area contributed by atoms with Gasteiger partial charge in [0.1, 0.15) is 22.8 Å². The number of phenolic OH excluding ortho intramolecular Hbond substituents is 2. The van der Waals surface area contributed by atoms with Crippen LogP contribution in [0, 0.1) is 0 Å². The van der Waals surface area contributed by atoms with Gasteiger partial charge in [0.05, 0.1) is 59.0 Å². The number of nitrogens with one attached hydrogen (secondary N) is 1. The van der Waals surface area contributed by atoms with Crippen molar-refractivity contribution in [3.05, 3.63) is 86.5 Å². The summed E-state index contributed by atoms with van der Waals surface area (Å²) in [5, 5.41) is 49.6. The molecular formula is C36H33F6N3O10. The van der Waals surface area contributed by atoms with Gasteiger partial charge in [-0.3, -0.25) is 14.4 Å². The van der Waals surface area contributed by atoms with Gasteiger partial charge >= 0.3 is 12.4 Å². The second kappa shape index (κ2) is 13.9. The summed E-state index contributed by atoms with van der Waals surface area (Å²) in [5.74, 6) is -4.88. The smallest absolute Gasteiger partial charge is 0.416 e. The van der Waals surface area contributed by atoms with E-state index in [0.29, 0.717) is 0 Å². The fourth-order valence-corrected chi connectivity index (χ4v) is 7.06. The molecule has 1 fully saturated rings. The molecule has 2 aliphatic carbocycles. The first kappa shape index (κ1) is 39.6. The SMILES string of the molecule is COc1cccc2c1C(=O)c1c(O)c3c(c(O)c1C2=O)CC(O)(C(C)=NNC(=O)c1cc(C(F)(F)F)cc(C(F)(F)F)c1)CC3OC1CC(N)C(O)C(C)O1. The van der Waals surface area contributed by atoms with Gasteiger partial charge in [-0.15, -0.1) is 0 Å². The fraction of sp³-hybridized carbons (Fsp3) is 0.389. The molecule has 3 aromatic carbocycles. The highest BCUT2D eigenvalue weighted by atomic mass is 19.4.